The van der Waals surface area contributed by atoms with Crippen molar-refractivity contribution < 1.29 is 19.3 Å². The van der Waals surface area contributed by atoms with E-state index in [1.807, 2.05) is 19.9 Å². The standard InChI is InChI=1S/C19H26FN5O2/c1-12(2)9-16(19(26)27)15(18-22-24-25-23-18)10-13-6-7-14(17(20)11-13)5-4-8-21-3/h6-7,11-12,15-16H,3-5,8-10H2,1-2H3,(H,26,27)(H,22,23,24,25)/p+1/t15-,16-/m0/s1. The van der Waals surface area contributed by atoms with E-state index in [0.717, 1.165) is 18.5 Å². The number of aryl methyl sites for hydroxylation is 1. The second-order valence-corrected chi connectivity index (χ2v) is 7.18. The van der Waals surface area contributed by atoms with E-state index in [4.69, 9.17) is 0 Å². The van der Waals surface area contributed by atoms with Gasteiger partial charge in [0, 0.05) is 12.3 Å². The average Bonchev–Trinajstić information content (AvgIpc) is 3.14. The van der Waals surface area contributed by atoms with Gasteiger partial charge < -0.3 is 5.11 Å². The van der Waals surface area contributed by atoms with E-state index in [9.17, 15) is 14.3 Å². The molecule has 0 saturated heterocycles. The van der Waals surface area contributed by atoms with Crippen LogP contribution in [-0.2, 0) is 17.6 Å². The molecule has 0 aliphatic rings. The molecule has 2 atom stereocenters. The molecule has 1 heterocycles. The van der Waals surface area contributed by atoms with Crippen molar-refractivity contribution in [3.63, 3.8) is 0 Å². The Morgan fingerprint density at radius 2 is 2.19 bits per heavy atom. The second kappa shape index (κ2) is 9.89. The molecule has 1 aromatic carbocycles. The summed E-state index contributed by atoms with van der Waals surface area (Å²) in [6, 6.07) is 5.09. The maximum Gasteiger partial charge on any atom is 0.307 e. The molecule has 2 aromatic rings. The second-order valence-electron chi connectivity index (χ2n) is 7.18. The number of rotatable bonds is 11. The number of aliphatic carboxylic acids is 1. The summed E-state index contributed by atoms with van der Waals surface area (Å²) in [6.07, 6.45) is 2.22. The molecule has 7 nitrogen and oxygen atoms in total. The minimum atomic E-state index is -0.906. The fourth-order valence-electron chi connectivity index (χ4n) is 3.26. The van der Waals surface area contributed by atoms with Gasteiger partial charge >= 0.3 is 5.97 Å². The molecule has 0 spiro atoms. The summed E-state index contributed by atoms with van der Waals surface area (Å²) in [6.45, 7) is 8.21. The summed E-state index contributed by atoms with van der Waals surface area (Å²) in [7, 11) is 0. The van der Waals surface area contributed by atoms with Crippen molar-refractivity contribution in [1.82, 2.24) is 20.6 Å². The molecule has 3 N–H and O–H groups in total. The van der Waals surface area contributed by atoms with Crippen LogP contribution < -0.4 is 4.99 Å². The Balaban J connectivity index is 2.23. The lowest BCUT2D eigenvalue weighted by molar-refractivity contribution is -0.447. The normalized spacial score (nSPS) is 13.5. The number of hydrogen-bond donors (Lipinski definition) is 3. The van der Waals surface area contributed by atoms with Gasteiger partial charge in [-0.05, 0) is 42.4 Å². The molecule has 1 aromatic heterocycles. The summed E-state index contributed by atoms with van der Waals surface area (Å²) in [4.78, 5) is 14.7. The lowest BCUT2D eigenvalue weighted by Gasteiger charge is -2.23. The Morgan fingerprint density at radius 3 is 2.74 bits per heavy atom. The Hall–Kier alpha value is -2.64. The van der Waals surface area contributed by atoms with Crippen molar-refractivity contribution in [3.8, 4) is 0 Å². The SMILES string of the molecule is C=[NH+]CCCc1ccc(C[C@H](c2nn[nH]n2)[C@H](CC(C)C)C(=O)O)cc1F. The number of halogens is 1. The first-order valence-corrected chi connectivity index (χ1v) is 9.15. The summed E-state index contributed by atoms with van der Waals surface area (Å²) in [5.74, 6) is -1.80. The lowest BCUT2D eigenvalue weighted by Crippen LogP contribution is -2.65. The highest BCUT2D eigenvalue weighted by Gasteiger charge is 2.33. The Morgan fingerprint density at radius 1 is 1.41 bits per heavy atom. The predicted molar refractivity (Wildman–Crippen MR) is 98.9 cm³/mol. The number of carbonyl (C=O) groups is 1. The molecule has 146 valence electrons. The first-order valence-electron chi connectivity index (χ1n) is 9.15. The van der Waals surface area contributed by atoms with Crippen molar-refractivity contribution in [1.29, 1.82) is 0 Å². The molecule has 2 rings (SSSR count). The number of hydrogen-bond acceptors (Lipinski definition) is 4. The molecule has 27 heavy (non-hydrogen) atoms. The van der Waals surface area contributed by atoms with E-state index >= 15 is 0 Å². The zero-order valence-corrected chi connectivity index (χ0v) is 15.8. The number of aromatic nitrogens is 4. The fraction of sp³-hybridized carbons (Fsp3) is 0.526. The van der Waals surface area contributed by atoms with E-state index in [1.165, 1.54) is 6.07 Å². The van der Waals surface area contributed by atoms with Crippen LogP contribution in [0.5, 0.6) is 0 Å². The largest absolute Gasteiger partial charge is 0.481 e. The fourth-order valence-corrected chi connectivity index (χ4v) is 3.26. The minimum Gasteiger partial charge on any atom is -0.481 e. The molecule has 0 bridgehead atoms. The molecule has 0 aliphatic carbocycles. The number of carboxylic acid groups (broad SMARTS) is 1. The van der Waals surface area contributed by atoms with Crippen LogP contribution >= 0.6 is 0 Å². The molecule has 0 amide bonds. The third-order valence-corrected chi connectivity index (χ3v) is 4.59. The Kier molecular flexibility index (Phi) is 7.57. The first-order chi connectivity index (χ1) is 12.9. The Bertz CT molecular complexity index is 749. The minimum absolute atomic E-state index is 0.196. The smallest absolute Gasteiger partial charge is 0.307 e. The third-order valence-electron chi connectivity index (χ3n) is 4.59. The monoisotopic (exact) mass is 376 g/mol. The summed E-state index contributed by atoms with van der Waals surface area (Å²) in [5, 5.41) is 23.7. The van der Waals surface area contributed by atoms with Crippen LogP contribution in [-0.4, -0.2) is 45.0 Å². The van der Waals surface area contributed by atoms with Gasteiger partial charge in [0.15, 0.2) is 5.82 Å². The summed E-state index contributed by atoms with van der Waals surface area (Å²) < 4.78 is 14.4. The van der Waals surface area contributed by atoms with E-state index in [1.54, 1.807) is 6.07 Å². The van der Waals surface area contributed by atoms with Crippen LogP contribution in [0.2, 0.25) is 0 Å². The maximum atomic E-state index is 14.4. The highest BCUT2D eigenvalue weighted by Crippen LogP contribution is 2.31. The summed E-state index contributed by atoms with van der Waals surface area (Å²) >= 11 is 0. The van der Waals surface area contributed by atoms with Gasteiger partial charge in [-0.1, -0.05) is 31.2 Å². The van der Waals surface area contributed by atoms with Gasteiger partial charge in [0.2, 0.25) is 0 Å². The van der Waals surface area contributed by atoms with Crippen LogP contribution in [0.4, 0.5) is 4.39 Å². The highest BCUT2D eigenvalue weighted by molar-refractivity contribution is 5.71. The number of tetrazole rings is 1. The van der Waals surface area contributed by atoms with Gasteiger partial charge in [0.1, 0.15) is 19.1 Å². The number of carboxylic acids is 1. The van der Waals surface area contributed by atoms with Gasteiger partial charge in [0.05, 0.1) is 5.92 Å². The van der Waals surface area contributed by atoms with E-state index < -0.39 is 17.8 Å². The van der Waals surface area contributed by atoms with Crippen molar-refractivity contribution in [2.75, 3.05) is 6.54 Å². The number of aromatic amines is 1. The van der Waals surface area contributed by atoms with E-state index in [0.29, 0.717) is 30.7 Å². The number of nitrogens with zero attached hydrogens (tertiary/aromatic N) is 3. The number of nitrogens with one attached hydrogen (secondary N) is 2. The summed E-state index contributed by atoms with van der Waals surface area (Å²) in [5.41, 5.74) is 1.36. The van der Waals surface area contributed by atoms with Crippen molar-refractivity contribution in [2.24, 2.45) is 11.8 Å². The van der Waals surface area contributed by atoms with Gasteiger partial charge in [-0.15, -0.1) is 10.2 Å². The predicted octanol–water partition coefficient (Wildman–Crippen LogP) is 1.13. The third kappa shape index (κ3) is 5.94. The molecule has 0 unspecified atom stereocenters. The van der Waals surface area contributed by atoms with Crippen LogP contribution in [0, 0.1) is 17.7 Å². The van der Waals surface area contributed by atoms with Gasteiger partial charge in [-0.2, -0.15) is 5.21 Å². The molecule has 0 fully saturated rings. The first kappa shape index (κ1) is 20.7. The van der Waals surface area contributed by atoms with Crippen LogP contribution in [0.25, 0.3) is 0 Å². The lowest BCUT2D eigenvalue weighted by atomic mass is 9.81. The van der Waals surface area contributed by atoms with Crippen LogP contribution in [0.15, 0.2) is 18.2 Å². The van der Waals surface area contributed by atoms with Crippen LogP contribution in [0.3, 0.4) is 0 Å². The molecule has 0 saturated carbocycles. The molecule has 8 heteroatoms. The number of benzene rings is 1. The zero-order valence-electron chi connectivity index (χ0n) is 15.8. The van der Waals surface area contributed by atoms with Crippen molar-refractivity contribution in [3.05, 3.63) is 41.0 Å². The van der Waals surface area contributed by atoms with Gasteiger partial charge in [0.25, 0.3) is 0 Å². The topological polar surface area (TPSA) is 106 Å². The quantitative estimate of drug-likeness (QED) is 0.403. The maximum absolute atomic E-state index is 14.4. The van der Waals surface area contributed by atoms with Crippen molar-refractivity contribution in [2.45, 2.75) is 45.4 Å². The zero-order chi connectivity index (χ0) is 19.8. The Labute approximate surface area is 158 Å². The molecule has 0 aliphatic heterocycles. The van der Waals surface area contributed by atoms with E-state index in [-0.39, 0.29) is 11.7 Å². The van der Waals surface area contributed by atoms with Crippen LogP contribution in [0.1, 0.15) is 49.6 Å². The highest BCUT2D eigenvalue weighted by atomic mass is 19.1. The molecule has 0 radical (unpaired) electrons. The van der Waals surface area contributed by atoms with E-state index in [2.05, 4.69) is 32.3 Å². The average molecular weight is 376 g/mol. The van der Waals surface area contributed by atoms with Gasteiger partial charge in [-0.25, -0.2) is 4.39 Å². The number of H-pyrrole nitrogens is 1. The molecular weight excluding hydrogens is 349 g/mol. The van der Waals surface area contributed by atoms with Crippen molar-refractivity contribution >= 4 is 12.7 Å². The van der Waals surface area contributed by atoms with Gasteiger partial charge in [-0.3, -0.25) is 9.79 Å². The molecular formula is C19H27FN5O2+.